The summed E-state index contributed by atoms with van der Waals surface area (Å²) < 4.78 is 51.5. The van der Waals surface area contributed by atoms with E-state index in [1.54, 1.807) is 0 Å². The summed E-state index contributed by atoms with van der Waals surface area (Å²) in [6.45, 7) is 3.42. The molecule has 0 aliphatic heterocycles. The molecular weight excluding hydrogens is 269 g/mol. The third kappa shape index (κ3) is 3.59. The molecule has 8 heteroatoms. The van der Waals surface area contributed by atoms with E-state index in [9.17, 15) is 18.5 Å². The lowest BCUT2D eigenvalue weighted by Crippen LogP contribution is -2.26. The van der Waals surface area contributed by atoms with Gasteiger partial charge in [0.2, 0.25) is 0 Å². The molecule has 0 spiro atoms. The number of aliphatic hydroxyl groups excluding tert-OH is 1. The average Bonchev–Trinajstić information content (AvgIpc) is 3.09. The van der Waals surface area contributed by atoms with Crippen molar-refractivity contribution in [2.24, 2.45) is 11.8 Å². The molecule has 1 N–H and O–H groups in total. The lowest BCUT2D eigenvalue weighted by Gasteiger charge is -2.21. The van der Waals surface area contributed by atoms with Gasteiger partial charge in [-0.15, -0.1) is 6.58 Å². The van der Waals surface area contributed by atoms with Crippen LogP contribution in [0.4, 0.5) is 8.78 Å². The Kier molecular flexibility index (Phi) is 5.03. The fraction of sp³-hybridized carbons (Fsp3) is 0.800. The van der Waals surface area contributed by atoms with Crippen molar-refractivity contribution < 1.29 is 32.0 Å². The van der Waals surface area contributed by atoms with Crippen LogP contribution in [0.1, 0.15) is 12.8 Å². The van der Waals surface area contributed by atoms with Crippen molar-refractivity contribution in [3.63, 3.8) is 0 Å². The molecule has 0 amide bonds. The molecule has 0 bridgehead atoms. The lowest BCUT2D eigenvalue weighted by atomic mass is 10.1. The van der Waals surface area contributed by atoms with Crippen LogP contribution in [0.5, 0.6) is 0 Å². The maximum Gasteiger partial charge on any atom is 0.479 e. The molecule has 0 radical (unpaired) electrons. The van der Waals surface area contributed by atoms with Gasteiger partial charge in [-0.05, 0) is 18.8 Å². The van der Waals surface area contributed by atoms with Gasteiger partial charge >= 0.3 is 13.9 Å². The van der Waals surface area contributed by atoms with Crippen LogP contribution in [0, 0.1) is 11.8 Å². The van der Waals surface area contributed by atoms with Gasteiger partial charge in [-0.1, -0.05) is 6.08 Å². The van der Waals surface area contributed by atoms with E-state index in [-0.39, 0.29) is 12.8 Å². The molecule has 3 atom stereocenters. The third-order valence-corrected chi connectivity index (χ3v) is 4.22. The Balaban J connectivity index is 2.61. The number of hydrogen-bond donors (Lipinski definition) is 1. The summed E-state index contributed by atoms with van der Waals surface area (Å²) in [6.07, 6.45) is -2.78. The largest absolute Gasteiger partial charge is 0.479 e. The van der Waals surface area contributed by atoms with E-state index in [1.165, 1.54) is 6.08 Å². The Morgan fingerprint density at radius 1 is 1.56 bits per heavy atom. The highest BCUT2D eigenvalue weighted by Crippen LogP contribution is 2.60. The van der Waals surface area contributed by atoms with E-state index in [0.717, 1.165) is 14.2 Å². The van der Waals surface area contributed by atoms with Gasteiger partial charge in [0.15, 0.2) is 0 Å². The molecule has 0 saturated heterocycles. The van der Waals surface area contributed by atoms with Gasteiger partial charge < -0.3 is 5.11 Å². The van der Waals surface area contributed by atoms with E-state index in [0.29, 0.717) is 0 Å². The predicted molar refractivity (Wildman–Crippen MR) is 60.1 cm³/mol. The summed E-state index contributed by atoms with van der Waals surface area (Å²) in [5, 5.41) is 9.54. The van der Waals surface area contributed by atoms with Gasteiger partial charge in [0, 0.05) is 14.2 Å². The first-order valence-corrected chi connectivity index (χ1v) is 6.84. The van der Waals surface area contributed by atoms with E-state index in [2.05, 4.69) is 20.2 Å². The number of alkyl halides is 2. The second-order valence-electron chi connectivity index (χ2n) is 4.06. The number of halogens is 2. The SMILES string of the molecule is C=CC[C@@H](O)[C@H]1C[C@@H]1C(F)(F)OP(=O)(OC)OC. The van der Waals surface area contributed by atoms with Crippen LogP contribution >= 0.6 is 7.82 Å². The average molecular weight is 286 g/mol. The highest BCUT2D eigenvalue weighted by molar-refractivity contribution is 7.48. The summed E-state index contributed by atoms with van der Waals surface area (Å²) in [7, 11) is -2.33. The first kappa shape index (κ1) is 15.7. The highest BCUT2D eigenvalue weighted by atomic mass is 31.2. The summed E-state index contributed by atoms with van der Waals surface area (Å²) in [5.41, 5.74) is 0. The molecule has 0 unspecified atom stereocenters. The van der Waals surface area contributed by atoms with Crippen LogP contribution < -0.4 is 0 Å². The van der Waals surface area contributed by atoms with Crippen LogP contribution in [-0.4, -0.2) is 31.5 Å². The minimum absolute atomic E-state index is 0.0927. The van der Waals surface area contributed by atoms with Gasteiger partial charge in [0.1, 0.15) is 0 Å². The summed E-state index contributed by atoms with van der Waals surface area (Å²) in [5.74, 6) is -1.79. The van der Waals surface area contributed by atoms with Crippen LogP contribution in [0.15, 0.2) is 12.7 Å². The molecule has 106 valence electrons. The minimum Gasteiger partial charge on any atom is -0.393 e. The summed E-state index contributed by atoms with van der Waals surface area (Å²) in [4.78, 5) is 0. The smallest absolute Gasteiger partial charge is 0.393 e. The van der Waals surface area contributed by atoms with Crippen molar-refractivity contribution in [2.45, 2.75) is 25.1 Å². The maximum atomic E-state index is 13.6. The quantitative estimate of drug-likeness (QED) is 0.549. The van der Waals surface area contributed by atoms with Crippen LogP contribution in [0.3, 0.4) is 0 Å². The molecule has 1 rings (SSSR count). The van der Waals surface area contributed by atoms with Crippen LogP contribution in [0.2, 0.25) is 0 Å². The first-order valence-electron chi connectivity index (χ1n) is 5.38. The van der Waals surface area contributed by atoms with Gasteiger partial charge in [0.05, 0.1) is 12.0 Å². The molecule has 0 aromatic heterocycles. The number of rotatable bonds is 8. The molecule has 0 heterocycles. The summed E-state index contributed by atoms with van der Waals surface area (Å²) >= 11 is 0. The third-order valence-electron chi connectivity index (χ3n) is 2.85. The fourth-order valence-electron chi connectivity index (χ4n) is 1.74. The monoisotopic (exact) mass is 286 g/mol. The molecule has 1 saturated carbocycles. The Morgan fingerprint density at radius 2 is 2.11 bits per heavy atom. The predicted octanol–water partition coefficient (Wildman–Crippen LogP) is 2.57. The Hall–Kier alpha value is -0.330. The standard InChI is InChI=1S/C10H17F2O5P/c1-4-5-9(13)7-6-8(7)10(11,12)17-18(14,15-2)16-3/h4,7-9,13H,1,5-6H2,2-3H3/t7-,8-,9+/m0/s1. The topological polar surface area (TPSA) is 65.0 Å². The first-order chi connectivity index (χ1) is 8.29. The van der Waals surface area contributed by atoms with Crippen LogP contribution in [-0.2, 0) is 18.1 Å². The zero-order valence-electron chi connectivity index (χ0n) is 10.2. The van der Waals surface area contributed by atoms with Crippen molar-refractivity contribution in [3.05, 3.63) is 12.7 Å². The van der Waals surface area contributed by atoms with Crippen molar-refractivity contribution in [1.82, 2.24) is 0 Å². The van der Waals surface area contributed by atoms with Gasteiger partial charge in [0.25, 0.3) is 0 Å². The molecule has 1 fully saturated rings. The Bertz CT molecular complexity index is 341. The second kappa shape index (κ2) is 5.75. The number of aliphatic hydroxyl groups is 1. The molecule has 0 aromatic carbocycles. The highest BCUT2D eigenvalue weighted by Gasteiger charge is 2.60. The molecule has 1 aliphatic carbocycles. The molecule has 0 aromatic rings. The zero-order valence-corrected chi connectivity index (χ0v) is 11.1. The molecule has 1 aliphatic rings. The van der Waals surface area contributed by atoms with E-state index in [1.807, 2.05) is 0 Å². The maximum absolute atomic E-state index is 13.6. The Morgan fingerprint density at radius 3 is 2.56 bits per heavy atom. The van der Waals surface area contributed by atoms with Gasteiger partial charge in [-0.3, -0.25) is 9.05 Å². The van der Waals surface area contributed by atoms with Crippen molar-refractivity contribution in [1.29, 1.82) is 0 Å². The molecule has 18 heavy (non-hydrogen) atoms. The van der Waals surface area contributed by atoms with E-state index in [4.69, 9.17) is 0 Å². The lowest BCUT2D eigenvalue weighted by molar-refractivity contribution is -0.209. The second-order valence-corrected chi connectivity index (χ2v) is 5.87. The number of phosphoric acid groups is 1. The van der Waals surface area contributed by atoms with Crippen molar-refractivity contribution in [2.75, 3.05) is 14.2 Å². The molecular formula is C10H17F2O5P. The molecule has 5 nitrogen and oxygen atoms in total. The normalized spacial score (nSPS) is 25.8. The van der Waals surface area contributed by atoms with Gasteiger partial charge in [-0.2, -0.15) is 8.78 Å². The zero-order chi connectivity index (χ0) is 14.0. The van der Waals surface area contributed by atoms with Crippen molar-refractivity contribution in [3.8, 4) is 0 Å². The minimum atomic E-state index is -4.24. The number of hydrogen-bond acceptors (Lipinski definition) is 5. The Labute approximate surface area is 104 Å². The number of phosphoric ester groups is 1. The van der Waals surface area contributed by atoms with Crippen molar-refractivity contribution >= 4 is 7.82 Å². The fourth-order valence-corrected chi connectivity index (χ4v) is 2.47. The van der Waals surface area contributed by atoms with E-state index < -0.39 is 31.9 Å². The van der Waals surface area contributed by atoms with Crippen LogP contribution in [0.25, 0.3) is 0 Å². The van der Waals surface area contributed by atoms with Gasteiger partial charge in [-0.25, -0.2) is 9.09 Å². The van der Waals surface area contributed by atoms with E-state index >= 15 is 0 Å². The summed E-state index contributed by atoms with van der Waals surface area (Å²) in [6, 6.07) is 0.